The second-order valence-corrected chi connectivity index (χ2v) is 6.04. The number of carbonyl (C=O) groups is 3. The Morgan fingerprint density at radius 2 is 1.69 bits per heavy atom. The highest BCUT2D eigenvalue weighted by Gasteiger charge is 2.13. The van der Waals surface area contributed by atoms with Crippen molar-refractivity contribution in [2.24, 2.45) is 0 Å². The van der Waals surface area contributed by atoms with E-state index in [0.717, 1.165) is 11.3 Å². The van der Waals surface area contributed by atoms with Crippen molar-refractivity contribution in [3.8, 4) is 0 Å². The maximum absolute atomic E-state index is 12.3. The predicted octanol–water partition coefficient (Wildman–Crippen LogP) is 2.62. The molecule has 0 heterocycles. The van der Waals surface area contributed by atoms with Crippen LogP contribution in [0, 0.1) is 0 Å². The number of anilines is 2. The van der Waals surface area contributed by atoms with Crippen molar-refractivity contribution in [1.82, 2.24) is 5.32 Å². The van der Waals surface area contributed by atoms with Crippen LogP contribution in [-0.2, 0) is 16.0 Å². The van der Waals surface area contributed by atoms with Crippen molar-refractivity contribution >= 4 is 29.0 Å². The molecule has 0 aliphatic rings. The second-order valence-electron chi connectivity index (χ2n) is 6.04. The standard InChI is InChI=1S/C20H23N3O3/c1-13(20(26)23-18-6-4-5-16(12-18)14(2)24)22-17-9-7-15(8-10-17)11-19(25)21-3/h4-10,12-13,22H,11H2,1-3H3,(H,21,25)(H,23,26). The van der Waals surface area contributed by atoms with Gasteiger partial charge in [0.15, 0.2) is 5.78 Å². The molecule has 0 aromatic heterocycles. The highest BCUT2D eigenvalue weighted by molar-refractivity contribution is 5.99. The molecule has 1 unspecified atom stereocenters. The zero-order valence-electron chi connectivity index (χ0n) is 15.1. The van der Waals surface area contributed by atoms with Crippen LogP contribution >= 0.6 is 0 Å². The second kappa shape index (κ2) is 8.80. The number of benzene rings is 2. The quantitative estimate of drug-likeness (QED) is 0.668. The van der Waals surface area contributed by atoms with Crippen LogP contribution in [0.2, 0.25) is 0 Å². The zero-order chi connectivity index (χ0) is 19.1. The Labute approximate surface area is 153 Å². The summed E-state index contributed by atoms with van der Waals surface area (Å²) in [5.74, 6) is -0.310. The molecule has 2 aromatic rings. The molecule has 6 heteroatoms. The van der Waals surface area contributed by atoms with E-state index in [0.29, 0.717) is 17.7 Å². The summed E-state index contributed by atoms with van der Waals surface area (Å²) in [5.41, 5.74) is 2.81. The Bertz CT molecular complexity index is 800. The monoisotopic (exact) mass is 353 g/mol. The van der Waals surface area contributed by atoms with Crippen LogP contribution in [-0.4, -0.2) is 30.7 Å². The molecule has 2 amide bonds. The Hall–Kier alpha value is -3.15. The van der Waals surface area contributed by atoms with Gasteiger partial charge in [-0.3, -0.25) is 14.4 Å². The van der Waals surface area contributed by atoms with Crippen LogP contribution in [0.4, 0.5) is 11.4 Å². The average molecular weight is 353 g/mol. The fourth-order valence-electron chi connectivity index (χ4n) is 2.37. The lowest BCUT2D eigenvalue weighted by Crippen LogP contribution is -2.31. The first kappa shape index (κ1) is 19.2. The molecular formula is C20H23N3O3. The van der Waals surface area contributed by atoms with Gasteiger partial charge in [0, 0.05) is 24.0 Å². The van der Waals surface area contributed by atoms with Crippen LogP contribution in [0.1, 0.15) is 29.8 Å². The average Bonchev–Trinajstić information content (AvgIpc) is 2.63. The number of Topliss-reactive ketones (excluding diaryl/α,β-unsaturated/α-hetero) is 1. The van der Waals surface area contributed by atoms with Crippen LogP contribution < -0.4 is 16.0 Å². The van der Waals surface area contributed by atoms with E-state index in [1.165, 1.54) is 6.92 Å². The van der Waals surface area contributed by atoms with Gasteiger partial charge in [-0.2, -0.15) is 0 Å². The summed E-state index contributed by atoms with van der Waals surface area (Å²) in [6.07, 6.45) is 0.319. The molecule has 0 bridgehead atoms. The number of likely N-dealkylation sites (N-methyl/N-ethyl adjacent to an activating group) is 1. The summed E-state index contributed by atoms with van der Waals surface area (Å²) in [4.78, 5) is 35.1. The minimum absolute atomic E-state index is 0.0498. The van der Waals surface area contributed by atoms with Crippen LogP contribution in [0.25, 0.3) is 0 Å². The van der Waals surface area contributed by atoms with Crippen molar-refractivity contribution in [2.75, 3.05) is 17.7 Å². The highest BCUT2D eigenvalue weighted by atomic mass is 16.2. The molecule has 2 rings (SSSR count). The van der Waals surface area contributed by atoms with Gasteiger partial charge in [0.05, 0.1) is 6.42 Å². The van der Waals surface area contributed by atoms with Gasteiger partial charge in [-0.1, -0.05) is 24.3 Å². The van der Waals surface area contributed by atoms with Crippen LogP contribution in [0.5, 0.6) is 0 Å². The van der Waals surface area contributed by atoms with E-state index in [9.17, 15) is 14.4 Å². The van der Waals surface area contributed by atoms with Crippen molar-refractivity contribution in [3.05, 3.63) is 59.7 Å². The molecule has 26 heavy (non-hydrogen) atoms. The summed E-state index contributed by atoms with van der Waals surface area (Å²) >= 11 is 0. The van der Waals surface area contributed by atoms with Gasteiger partial charge in [0.2, 0.25) is 11.8 Å². The van der Waals surface area contributed by atoms with Gasteiger partial charge in [-0.15, -0.1) is 0 Å². The first-order valence-electron chi connectivity index (χ1n) is 8.37. The molecule has 0 aliphatic heterocycles. The Morgan fingerprint density at radius 3 is 2.31 bits per heavy atom. The summed E-state index contributed by atoms with van der Waals surface area (Å²) in [6.45, 7) is 3.24. The fourth-order valence-corrected chi connectivity index (χ4v) is 2.37. The SMILES string of the molecule is CNC(=O)Cc1ccc(NC(C)C(=O)Nc2cccc(C(C)=O)c2)cc1. The minimum Gasteiger partial charge on any atom is -0.374 e. The maximum atomic E-state index is 12.3. The predicted molar refractivity (Wildman–Crippen MR) is 102 cm³/mol. The number of ketones is 1. The van der Waals surface area contributed by atoms with Gasteiger partial charge in [-0.25, -0.2) is 0 Å². The number of carbonyl (C=O) groups excluding carboxylic acids is 3. The third-order valence-electron chi connectivity index (χ3n) is 3.91. The van der Waals surface area contributed by atoms with Gasteiger partial charge < -0.3 is 16.0 Å². The van der Waals surface area contributed by atoms with E-state index < -0.39 is 6.04 Å². The zero-order valence-corrected chi connectivity index (χ0v) is 15.1. The summed E-state index contributed by atoms with van der Waals surface area (Å²) in [5, 5.41) is 8.49. The molecule has 0 spiro atoms. The molecule has 0 aliphatic carbocycles. The van der Waals surface area contributed by atoms with Crippen LogP contribution in [0.3, 0.4) is 0 Å². The molecule has 6 nitrogen and oxygen atoms in total. The number of amides is 2. The Balaban J connectivity index is 1.95. The van der Waals surface area contributed by atoms with Gasteiger partial charge in [-0.05, 0) is 43.7 Å². The van der Waals surface area contributed by atoms with E-state index in [2.05, 4.69) is 16.0 Å². The van der Waals surface area contributed by atoms with Crippen LogP contribution in [0.15, 0.2) is 48.5 Å². The fraction of sp³-hybridized carbons (Fsp3) is 0.250. The molecule has 1 atom stereocenters. The molecule has 0 saturated heterocycles. The molecule has 2 aromatic carbocycles. The molecule has 136 valence electrons. The van der Waals surface area contributed by atoms with Crippen molar-refractivity contribution < 1.29 is 14.4 Å². The summed E-state index contributed by atoms with van der Waals surface area (Å²) in [7, 11) is 1.60. The summed E-state index contributed by atoms with van der Waals surface area (Å²) in [6, 6.07) is 13.7. The van der Waals surface area contributed by atoms with Crippen molar-refractivity contribution in [2.45, 2.75) is 26.3 Å². The smallest absolute Gasteiger partial charge is 0.246 e. The lowest BCUT2D eigenvalue weighted by Gasteiger charge is -2.16. The number of hydrogen-bond donors (Lipinski definition) is 3. The first-order chi connectivity index (χ1) is 12.4. The normalized spacial score (nSPS) is 11.3. The minimum atomic E-state index is -0.472. The number of nitrogens with one attached hydrogen (secondary N) is 3. The third-order valence-corrected chi connectivity index (χ3v) is 3.91. The molecule has 0 radical (unpaired) electrons. The van der Waals surface area contributed by atoms with Gasteiger partial charge >= 0.3 is 0 Å². The Kier molecular flexibility index (Phi) is 6.49. The van der Waals surface area contributed by atoms with Gasteiger partial charge in [0.25, 0.3) is 0 Å². The number of rotatable bonds is 7. The van der Waals surface area contributed by atoms with E-state index in [4.69, 9.17) is 0 Å². The Morgan fingerprint density at radius 1 is 1.00 bits per heavy atom. The topological polar surface area (TPSA) is 87.3 Å². The highest BCUT2D eigenvalue weighted by Crippen LogP contribution is 2.14. The maximum Gasteiger partial charge on any atom is 0.246 e. The number of hydrogen-bond acceptors (Lipinski definition) is 4. The van der Waals surface area contributed by atoms with E-state index in [1.54, 1.807) is 38.2 Å². The third kappa shape index (κ3) is 5.44. The first-order valence-corrected chi connectivity index (χ1v) is 8.37. The summed E-state index contributed by atoms with van der Waals surface area (Å²) < 4.78 is 0. The van der Waals surface area contributed by atoms with E-state index in [1.807, 2.05) is 24.3 Å². The van der Waals surface area contributed by atoms with E-state index >= 15 is 0 Å². The van der Waals surface area contributed by atoms with Crippen molar-refractivity contribution in [1.29, 1.82) is 0 Å². The van der Waals surface area contributed by atoms with E-state index in [-0.39, 0.29) is 17.6 Å². The molecule has 3 N–H and O–H groups in total. The lowest BCUT2D eigenvalue weighted by molar-refractivity contribution is -0.120. The lowest BCUT2D eigenvalue weighted by atomic mass is 10.1. The molecular weight excluding hydrogens is 330 g/mol. The molecule has 0 saturated carbocycles. The van der Waals surface area contributed by atoms with Gasteiger partial charge in [0.1, 0.15) is 6.04 Å². The van der Waals surface area contributed by atoms with Crippen molar-refractivity contribution in [3.63, 3.8) is 0 Å². The largest absolute Gasteiger partial charge is 0.374 e. The molecule has 0 fully saturated rings.